The van der Waals surface area contributed by atoms with Gasteiger partial charge in [-0.15, -0.1) is 0 Å². The lowest BCUT2D eigenvalue weighted by Gasteiger charge is -2.43. The molecule has 6 rings (SSSR count). The highest BCUT2D eigenvalue weighted by Crippen LogP contribution is 2.45. The quantitative estimate of drug-likeness (QED) is 0.147. The first-order valence-electron chi connectivity index (χ1n) is 17.3. The summed E-state index contributed by atoms with van der Waals surface area (Å²) in [4.78, 5) is 4.75. The second kappa shape index (κ2) is 13.1. The Morgan fingerprint density at radius 1 is 0.870 bits per heavy atom. The van der Waals surface area contributed by atoms with Crippen molar-refractivity contribution in [1.82, 2.24) is 9.63 Å². The lowest BCUT2D eigenvalue weighted by molar-refractivity contribution is -1.16. The lowest BCUT2D eigenvalue weighted by atomic mass is 9.73. The molecule has 3 fully saturated rings. The number of hydrogen-bond acceptors (Lipinski definition) is 4. The van der Waals surface area contributed by atoms with E-state index in [9.17, 15) is 15.6 Å². The van der Waals surface area contributed by atoms with Gasteiger partial charge in [0, 0.05) is 54.1 Å². The molecule has 1 saturated carbocycles. The Labute approximate surface area is 277 Å². The fourth-order valence-electron chi connectivity index (χ4n) is 8.14. The van der Waals surface area contributed by atoms with Crippen LogP contribution in [0.15, 0.2) is 79.0 Å². The topological polar surface area (TPSA) is 73.6 Å². The Hall–Kier alpha value is -2.65. The van der Waals surface area contributed by atoms with Crippen LogP contribution >= 0.6 is 0 Å². The van der Waals surface area contributed by atoms with Gasteiger partial charge in [-0.05, 0) is 66.7 Å². The van der Waals surface area contributed by atoms with E-state index in [2.05, 4.69) is 65.8 Å². The van der Waals surface area contributed by atoms with Gasteiger partial charge < -0.3 is 0 Å². The first-order chi connectivity index (χ1) is 21.5. The van der Waals surface area contributed by atoms with Crippen molar-refractivity contribution < 1.29 is 24.9 Å². The monoisotopic (exact) mass is 631 g/mol. The smallest absolute Gasteiger partial charge is 0.168 e. The van der Waals surface area contributed by atoms with Crippen LogP contribution < -0.4 is 4.65 Å². The number of quaternary nitrogens is 3. The third-order valence-corrected chi connectivity index (χ3v) is 11.7. The van der Waals surface area contributed by atoms with Gasteiger partial charge in [-0.3, -0.25) is 4.98 Å². The summed E-state index contributed by atoms with van der Waals surface area (Å²) in [6, 6.07) is 24.3. The van der Waals surface area contributed by atoms with Crippen LogP contribution in [-0.4, -0.2) is 67.2 Å². The fourth-order valence-corrected chi connectivity index (χ4v) is 8.14. The minimum absolute atomic E-state index is 0.0216. The third kappa shape index (κ3) is 7.40. The van der Waals surface area contributed by atoms with Crippen LogP contribution in [0.1, 0.15) is 84.0 Å². The van der Waals surface area contributed by atoms with Crippen LogP contribution in [0.2, 0.25) is 0 Å². The maximum Gasteiger partial charge on any atom is 0.168 e. The molecule has 7 heteroatoms. The second-order valence-corrected chi connectivity index (χ2v) is 16.5. The zero-order chi connectivity index (χ0) is 33.4. The number of pyridine rings is 1. The number of hydroxylamine groups is 8. The molecule has 0 amide bonds. The molecule has 7 nitrogen and oxygen atoms in total. The first-order valence-corrected chi connectivity index (χ1v) is 17.3. The van der Waals surface area contributed by atoms with E-state index in [0.717, 1.165) is 54.9 Å². The predicted octanol–water partition coefficient (Wildman–Crippen LogP) is 8.16. The van der Waals surface area contributed by atoms with Crippen molar-refractivity contribution in [1.29, 1.82) is 0 Å². The van der Waals surface area contributed by atoms with Crippen molar-refractivity contribution >= 4 is 5.69 Å². The fraction of sp³-hybridized carbons (Fsp3) is 0.564. The van der Waals surface area contributed by atoms with Gasteiger partial charge in [0.1, 0.15) is 50.3 Å². The van der Waals surface area contributed by atoms with E-state index in [4.69, 9.17) is 4.98 Å². The van der Waals surface area contributed by atoms with Gasteiger partial charge in [0.2, 0.25) is 0 Å². The van der Waals surface area contributed by atoms with E-state index in [1.807, 2.05) is 55.6 Å². The van der Waals surface area contributed by atoms with E-state index in [1.54, 1.807) is 6.20 Å². The molecule has 3 heterocycles. The summed E-state index contributed by atoms with van der Waals surface area (Å²) in [6.07, 6.45) is 6.74. The van der Waals surface area contributed by atoms with Crippen LogP contribution in [0, 0.1) is 17.8 Å². The molecule has 2 aliphatic heterocycles. The van der Waals surface area contributed by atoms with Crippen LogP contribution in [-0.2, 0) is 19.5 Å². The highest BCUT2D eigenvalue weighted by molar-refractivity contribution is 5.41. The normalized spacial score (nSPS) is 25.9. The Kier molecular flexibility index (Phi) is 9.88. The maximum atomic E-state index is 12.4. The minimum atomic E-state index is -0.580. The van der Waals surface area contributed by atoms with Crippen molar-refractivity contribution in [2.75, 3.05) is 20.1 Å². The molecule has 6 unspecified atom stereocenters. The molecule has 3 N–H and O–H groups in total. The van der Waals surface area contributed by atoms with Crippen LogP contribution in [0.4, 0.5) is 5.69 Å². The van der Waals surface area contributed by atoms with Crippen molar-refractivity contribution in [3.8, 4) is 0 Å². The molecule has 0 radical (unpaired) electrons. The average molecular weight is 632 g/mol. The zero-order valence-electron chi connectivity index (χ0n) is 29.3. The summed E-state index contributed by atoms with van der Waals surface area (Å²) < 4.78 is -0.227. The molecule has 1 aromatic heterocycles. The Morgan fingerprint density at radius 3 is 2.02 bits per heavy atom. The van der Waals surface area contributed by atoms with Crippen molar-refractivity contribution in [2.45, 2.75) is 104 Å². The van der Waals surface area contributed by atoms with Gasteiger partial charge in [-0.2, -0.15) is 13.9 Å². The van der Waals surface area contributed by atoms with Crippen molar-refractivity contribution in [3.05, 3.63) is 95.8 Å². The highest BCUT2D eigenvalue weighted by Gasteiger charge is 2.51. The molecular weight excluding hydrogens is 572 g/mol. The Bertz CT molecular complexity index is 1400. The highest BCUT2D eigenvalue weighted by atomic mass is 16.6. The minimum Gasteiger partial charge on any atom is -0.261 e. The third-order valence-electron chi connectivity index (χ3n) is 11.7. The van der Waals surface area contributed by atoms with E-state index in [0.29, 0.717) is 37.3 Å². The molecule has 0 spiro atoms. The summed E-state index contributed by atoms with van der Waals surface area (Å²) in [5.74, 6) is 1.47. The number of nitrogens with zero attached hydrogens (tertiary/aromatic N) is 4. The number of rotatable bonds is 11. The van der Waals surface area contributed by atoms with Crippen LogP contribution in [0.5, 0.6) is 0 Å². The first kappa shape index (κ1) is 34.7. The summed E-state index contributed by atoms with van der Waals surface area (Å²) in [6.45, 7) is 15.4. The van der Waals surface area contributed by atoms with Crippen molar-refractivity contribution in [3.63, 3.8) is 0 Å². The summed E-state index contributed by atoms with van der Waals surface area (Å²) in [5.41, 5.74) is 3.05. The number of benzene rings is 2. The van der Waals surface area contributed by atoms with E-state index in [-0.39, 0.29) is 25.5 Å². The molecule has 6 atom stereocenters. The van der Waals surface area contributed by atoms with Gasteiger partial charge in [0.15, 0.2) is 5.69 Å². The van der Waals surface area contributed by atoms with Gasteiger partial charge >= 0.3 is 0 Å². The van der Waals surface area contributed by atoms with Gasteiger partial charge in [-0.25, -0.2) is 15.6 Å². The summed E-state index contributed by atoms with van der Waals surface area (Å²) >= 11 is 0. The number of aromatic nitrogens is 1. The van der Waals surface area contributed by atoms with Gasteiger partial charge in [0.05, 0.1) is 5.69 Å². The van der Waals surface area contributed by atoms with E-state index in [1.165, 1.54) is 6.42 Å². The average Bonchev–Trinajstić information content (AvgIpc) is 3.25. The molecule has 2 aromatic carbocycles. The van der Waals surface area contributed by atoms with E-state index >= 15 is 0 Å². The molecule has 46 heavy (non-hydrogen) atoms. The van der Waals surface area contributed by atoms with Crippen LogP contribution in [0.25, 0.3) is 0 Å². The maximum absolute atomic E-state index is 12.4. The Balaban J connectivity index is 1.34. The van der Waals surface area contributed by atoms with E-state index < -0.39 is 5.54 Å². The Morgan fingerprint density at radius 2 is 1.46 bits per heavy atom. The van der Waals surface area contributed by atoms with Gasteiger partial charge in [0.25, 0.3) is 0 Å². The standard InChI is InChI=1S/C39H59N4O3/c1-30(22-35-23-33-18-19-34(35)29-42(45,28-33)38(2,3)4)41(7,44)37-20-21-40-36(24-37)25-39(5,6)43(46,26-31-14-10-8-11-15-31)27-32-16-12-9-13-17-32/h8-17,20-21,24,30,33-35,44-46H,18-19,22-23,25-29H2,1-7H3/q+3. The molecule has 2 bridgehead atoms. The van der Waals surface area contributed by atoms with Gasteiger partial charge in [-0.1, -0.05) is 60.7 Å². The second-order valence-electron chi connectivity index (χ2n) is 16.5. The molecule has 3 aromatic rings. The molecular formula is C39H59N4O3+3. The summed E-state index contributed by atoms with van der Waals surface area (Å²) in [7, 11) is 1.89. The predicted molar refractivity (Wildman–Crippen MR) is 184 cm³/mol. The molecule has 1 aliphatic carbocycles. The van der Waals surface area contributed by atoms with Crippen molar-refractivity contribution in [2.24, 2.45) is 17.8 Å². The molecule has 3 aliphatic rings. The summed E-state index contributed by atoms with van der Waals surface area (Å²) in [5, 5.41) is 36.1. The molecule has 250 valence electrons. The largest absolute Gasteiger partial charge is 0.261 e. The number of fused-ring (bicyclic) bond motifs is 4. The zero-order valence-corrected chi connectivity index (χ0v) is 29.3. The SMILES string of the molecule is CC(CC1CC2CCC1C[N+](O)(C(C)(C)C)C2)[N+](C)(O)c1ccnc(CC(C)(C)[N+](O)(Cc2ccccc2)Cc2ccccc2)c1. The van der Waals surface area contributed by atoms with Crippen LogP contribution in [0.3, 0.4) is 0 Å². The number of hydrogen-bond donors (Lipinski definition) is 3. The molecule has 2 saturated heterocycles. The lowest BCUT2D eigenvalue weighted by Crippen LogP contribution is -2.60.